The molecule has 0 spiro atoms. The van der Waals surface area contributed by atoms with Crippen molar-refractivity contribution in [2.24, 2.45) is 0 Å². The van der Waals surface area contributed by atoms with Crippen molar-refractivity contribution < 1.29 is 4.58 Å². The Morgan fingerprint density at radius 1 is 0.864 bits per heavy atom. The Kier molecular flexibility index (Phi) is 10.6. The Balaban J connectivity index is 1.96. The Morgan fingerprint density at radius 3 is 1.86 bits per heavy atom. The van der Waals surface area contributed by atoms with Gasteiger partial charge in [-0.15, -0.1) is 0 Å². The van der Waals surface area contributed by atoms with E-state index in [4.69, 9.17) is 0 Å². The van der Waals surface area contributed by atoms with E-state index in [9.17, 15) is 0 Å². The summed E-state index contributed by atoms with van der Waals surface area (Å²) in [4.78, 5) is 0. The van der Waals surface area contributed by atoms with Gasteiger partial charge in [-0.05, 0) is 26.2 Å². The van der Waals surface area contributed by atoms with E-state index in [1.54, 1.807) is 0 Å². The molecule has 2 nitrogen and oxygen atoms in total. The fourth-order valence-electron chi connectivity index (χ4n) is 3.54. The van der Waals surface area contributed by atoms with Crippen LogP contribution < -0.4 is 5.32 Å². The first-order valence-electron chi connectivity index (χ1n) is 10.1. The highest BCUT2D eigenvalue weighted by Gasteiger charge is 2.31. The monoisotopic (exact) mass is 309 g/mol. The molecule has 1 rings (SSSR count). The van der Waals surface area contributed by atoms with E-state index in [-0.39, 0.29) is 0 Å². The van der Waals surface area contributed by atoms with Crippen LogP contribution in [0.3, 0.4) is 0 Å². The van der Waals surface area contributed by atoms with Gasteiger partial charge in [-0.3, -0.25) is 9.89 Å². The average molecular weight is 310 g/mol. The molecule has 0 saturated carbocycles. The standard InChI is InChI=1S/C20H40N2/c1-4-6-7-8-9-10-11-12-13-14-15-16-20(3,5-2)22-18-17-21-19-22/h19H,4-18H2,1-3H3/p+1. The summed E-state index contributed by atoms with van der Waals surface area (Å²) in [5, 5.41) is 3.36. The van der Waals surface area contributed by atoms with Crippen molar-refractivity contribution in [3.63, 3.8) is 0 Å². The Morgan fingerprint density at radius 2 is 1.41 bits per heavy atom. The van der Waals surface area contributed by atoms with E-state index in [2.05, 4.69) is 37.0 Å². The van der Waals surface area contributed by atoms with Gasteiger partial charge in [0, 0.05) is 0 Å². The Labute approximate surface area is 139 Å². The molecule has 1 aliphatic rings. The summed E-state index contributed by atoms with van der Waals surface area (Å²) < 4.78 is 2.53. The van der Waals surface area contributed by atoms with Gasteiger partial charge < -0.3 is 0 Å². The fourth-order valence-corrected chi connectivity index (χ4v) is 3.54. The zero-order valence-corrected chi connectivity index (χ0v) is 15.6. The molecule has 0 bridgehead atoms. The number of nitrogens with zero attached hydrogens (tertiary/aromatic N) is 1. The summed E-state index contributed by atoms with van der Waals surface area (Å²) in [7, 11) is 0. The van der Waals surface area contributed by atoms with Crippen LogP contribution in [0.5, 0.6) is 0 Å². The predicted molar refractivity (Wildman–Crippen MR) is 99.0 cm³/mol. The van der Waals surface area contributed by atoms with Crippen molar-refractivity contribution in [2.75, 3.05) is 13.1 Å². The van der Waals surface area contributed by atoms with E-state index >= 15 is 0 Å². The van der Waals surface area contributed by atoms with E-state index in [0.29, 0.717) is 5.54 Å². The van der Waals surface area contributed by atoms with Crippen molar-refractivity contribution in [2.45, 2.75) is 110 Å². The van der Waals surface area contributed by atoms with E-state index in [1.807, 2.05) is 0 Å². The minimum Gasteiger partial charge on any atom is -0.277 e. The van der Waals surface area contributed by atoms with Crippen LogP contribution in [0, 0.1) is 0 Å². The van der Waals surface area contributed by atoms with Crippen molar-refractivity contribution in [1.29, 1.82) is 0 Å². The molecule has 2 heteroatoms. The maximum Gasteiger partial charge on any atom is 0.232 e. The molecule has 1 atom stereocenters. The Hall–Kier alpha value is -0.530. The molecule has 0 amide bonds. The summed E-state index contributed by atoms with van der Waals surface area (Å²) >= 11 is 0. The maximum absolute atomic E-state index is 3.36. The molecule has 130 valence electrons. The molecule has 1 aliphatic heterocycles. The van der Waals surface area contributed by atoms with Crippen LogP contribution in [0.1, 0.15) is 104 Å². The minimum absolute atomic E-state index is 0.378. The molecule has 0 aromatic carbocycles. The molecule has 1 N–H and O–H groups in total. The maximum atomic E-state index is 3.36. The van der Waals surface area contributed by atoms with Gasteiger partial charge in [-0.25, -0.2) is 0 Å². The topological polar surface area (TPSA) is 15.0 Å². The second-order valence-electron chi connectivity index (χ2n) is 7.41. The van der Waals surface area contributed by atoms with E-state index < -0.39 is 0 Å². The molecule has 0 fully saturated rings. The summed E-state index contributed by atoms with van der Waals surface area (Å²) in [6, 6.07) is 0. The van der Waals surface area contributed by atoms with Crippen LogP contribution in [0.25, 0.3) is 0 Å². The van der Waals surface area contributed by atoms with Crippen LogP contribution in [-0.2, 0) is 0 Å². The molecule has 0 aromatic heterocycles. The van der Waals surface area contributed by atoms with Crippen molar-refractivity contribution in [3.05, 3.63) is 0 Å². The van der Waals surface area contributed by atoms with Gasteiger partial charge in [0.05, 0.1) is 0 Å². The van der Waals surface area contributed by atoms with Gasteiger partial charge in [0.25, 0.3) is 0 Å². The van der Waals surface area contributed by atoms with Crippen molar-refractivity contribution in [1.82, 2.24) is 5.32 Å². The quantitative estimate of drug-likeness (QED) is 0.331. The molecule has 1 unspecified atom stereocenters. The van der Waals surface area contributed by atoms with Gasteiger partial charge in [0.2, 0.25) is 6.34 Å². The van der Waals surface area contributed by atoms with E-state index in [1.165, 1.54) is 90.0 Å². The third kappa shape index (κ3) is 7.65. The number of hydrogen-bond acceptors (Lipinski definition) is 1. The lowest BCUT2D eigenvalue weighted by Gasteiger charge is -2.27. The minimum atomic E-state index is 0.378. The first-order valence-corrected chi connectivity index (χ1v) is 10.1. The highest BCUT2D eigenvalue weighted by Crippen LogP contribution is 2.23. The second-order valence-corrected chi connectivity index (χ2v) is 7.41. The summed E-state index contributed by atoms with van der Waals surface area (Å²) in [5.74, 6) is 0. The molecule has 22 heavy (non-hydrogen) atoms. The van der Waals surface area contributed by atoms with Crippen molar-refractivity contribution >= 4 is 6.34 Å². The van der Waals surface area contributed by atoms with Crippen molar-refractivity contribution in [3.8, 4) is 0 Å². The molecular weight excluding hydrogens is 268 g/mol. The predicted octanol–water partition coefficient (Wildman–Crippen LogP) is 5.50. The van der Waals surface area contributed by atoms with Crippen LogP contribution in [0.15, 0.2) is 0 Å². The Bertz CT molecular complexity index is 298. The normalized spacial score (nSPS) is 17.1. The van der Waals surface area contributed by atoms with Crippen LogP contribution in [0.2, 0.25) is 0 Å². The molecule has 0 saturated heterocycles. The molecular formula is C20H41N2+. The van der Waals surface area contributed by atoms with Gasteiger partial charge in [0.1, 0.15) is 18.6 Å². The number of hydrogen-bond donors (Lipinski definition) is 1. The zero-order chi connectivity index (χ0) is 16.1. The highest BCUT2D eigenvalue weighted by atomic mass is 15.2. The third-order valence-corrected chi connectivity index (χ3v) is 5.52. The SMILES string of the molecule is CCCCCCCCCCCCCC(C)(CC)[N+]1=CNCC1. The smallest absolute Gasteiger partial charge is 0.232 e. The van der Waals surface area contributed by atoms with Gasteiger partial charge >= 0.3 is 0 Å². The first kappa shape index (κ1) is 19.5. The summed E-state index contributed by atoms with van der Waals surface area (Å²) in [6.07, 6.45) is 20.6. The lowest BCUT2D eigenvalue weighted by atomic mass is 9.90. The number of rotatable bonds is 14. The number of nitrogens with one attached hydrogen (secondary N) is 1. The van der Waals surface area contributed by atoms with Crippen LogP contribution in [-0.4, -0.2) is 29.5 Å². The van der Waals surface area contributed by atoms with E-state index in [0.717, 1.165) is 6.54 Å². The fraction of sp³-hybridized carbons (Fsp3) is 0.950. The number of unbranched alkanes of at least 4 members (excludes halogenated alkanes) is 10. The summed E-state index contributed by atoms with van der Waals surface area (Å²) in [6.45, 7) is 9.37. The van der Waals surface area contributed by atoms with Gasteiger partial charge in [-0.1, -0.05) is 78.1 Å². The molecule has 1 heterocycles. The second kappa shape index (κ2) is 12.0. The largest absolute Gasteiger partial charge is 0.277 e. The zero-order valence-electron chi connectivity index (χ0n) is 15.6. The van der Waals surface area contributed by atoms with Gasteiger partial charge in [0.15, 0.2) is 0 Å². The third-order valence-electron chi connectivity index (χ3n) is 5.52. The first-order chi connectivity index (χ1) is 10.7. The molecule has 0 aromatic rings. The van der Waals surface area contributed by atoms with Crippen LogP contribution >= 0.6 is 0 Å². The molecule has 0 aliphatic carbocycles. The van der Waals surface area contributed by atoms with Crippen LogP contribution in [0.4, 0.5) is 0 Å². The van der Waals surface area contributed by atoms with Gasteiger partial charge in [-0.2, -0.15) is 0 Å². The lowest BCUT2D eigenvalue weighted by Crippen LogP contribution is -2.38. The summed E-state index contributed by atoms with van der Waals surface area (Å²) in [5.41, 5.74) is 0.378. The molecule has 0 radical (unpaired) electrons. The highest BCUT2D eigenvalue weighted by molar-refractivity contribution is 5.49. The lowest BCUT2D eigenvalue weighted by molar-refractivity contribution is -0.595. The average Bonchev–Trinajstić information content (AvgIpc) is 3.07.